The molecule has 2 fully saturated rings. The predicted molar refractivity (Wildman–Crippen MR) is 127 cm³/mol. The van der Waals surface area contributed by atoms with E-state index in [4.69, 9.17) is 4.74 Å². The molecule has 3 amide bonds. The molecule has 7 heteroatoms. The van der Waals surface area contributed by atoms with Crippen LogP contribution in [-0.4, -0.2) is 70.9 Å². The maximum Gasteiger partial charge on any atom is 0.337 e. The fourth-order valence-electron chi connectivity index (χ4n) is 5.90. The molecule has 0 bridgehead atoms. The highest BCUT2D eigenvalue weighted by Crippen LogP contribution is 2.40. The van der Waals surface area contributed by atoms with E-state index in [0.29, 0.717) is 24.9 Å². The summed E-state index contributed by atoms with van der Waals surface area (Å²) in [6, 6.07) is 15.5. The summed E-state index contributed by atoms with van der Waals surface area (Å²) in [5.74, 6) is -0.357. The molecule has 2 saturated heterocycles. The molecule has 7 nitrogen and oxygen atoms in total. The average molecular weight is 462 g/mol. The van der Waals surface area contributed by atoms with Gasteiger partial charge in [-0.1, -0.05) is 36.4 Å². The van der Waals surface area contributed by atoms with Gasteiger partial charge in [0.2, 0.25) is 0 Å². The van der Waals surface area contributed by atoms with Crippen LogP contribution in [0.15, 0.2) is 48.5 Å². The standard InChI is InChI=1S/C27H31N3O4/c1-3-29-26(33)30(23-16-21-6-4-5-7-22(21)17-23)25(32)27(29)12-14-28(15-13-27)18-19-8-10-20(11-9-19)24(31)34-2/h4-11,23H,3,12-18H2,1-2H3. The van der Waals surface area contributed by atoms with Gasteiger partial charge in [0.1, 0.15) is 5.54 Å². The summed E-state index contributed by atoms with van der Waals surface area (Å²) in [5, 5.41) is 0. The molecule has 2 heterocycles. The summed E-state index contributed by atoms with van der Waals surface area (Å²) in [5.41, 5.74) is 3.39. The first kappa shape index (κ1) is 22.6. The van der Waals surface area contributed by atoms with E-state index < -0.39 is 5.54 Å². The average Bonchev–Trinajstić information content (AvgIpc) is 3.37. The second-order valence-corrected chi connectivity index (χ2v) is 9.53. The second kappa shape index (κ2) is 8.87. The Morgan fingerprint density at radius 1 is 1.00 bits per heavy atom. The number of methoxy groups -OCH3 is 1. The molecular formula is C27H31N3O4. The van der Waals surface area contributed by atoms with E-state index in [1.54, 1.807) is 17.0 Å². The number of amides is 3. The van der Waals surface area contributed by atoms with Crippen molar-refractivity contribution >= 4 is 17.9 Å². The number of piperidine rings is 1. The summed E-state index contributed by atoms with van der Waals surface area (Å²) in [4.78, 5) is 44.6. The van der Waals surface area contributed by atoms with Crippen LogP contribution < -0.4 is 0 Å². The number of carbonyl (C=O) groups is 3. The van der Waals surface area contributed by atoms with E-state index in [9.17, 15) is 14.4 Å². The zero-order chi connectivity index (χ0) is 23.9. The van der Waals surface area contributed by atoms with Crippen LogP contribution in [0.3, 0.4) is 0 Å². The molecule has 2 aromatic rings. The lowest BCUT2D eigenvalue weighted by molar-refractivity contribution is -0.137. The Hall–Kier alpha value is -3.19. The lowest BCUT2D eigenvalue weighted by Gasteiger charge is -2.42. The quantitative estimate of drug-likeness (QED) is 0.505. The SMILES string of the molecule is CCN1C(=O)N(C2Cc3ccccc3C2)C(=O)C12CCN(Cc1ccc(C(=O)OC)cc1)CC2. The van der Waals surface area contributed by atoms with E-state index in [2.05, 4.69) is 17.0 Å². The lowest BCUT2D eigenvalue weighted by Crippen LogP contribution is -2.56. The molecule has 2 aromatic carbocycles. The maximum absolute atomic E-state index is 13.8. The van der Waals surface area contributed by atoms with Crippen LogP contribution in [0.25, 0.3) is 0 Å². The molecule has 0 saturated carbocycles. The molecule has 0 unspecified atom stereocenters. The molecule has 0 radical (unpaired) electrons. The Labute approximate surface area is 200 Å². The highest BCUT2D eigenvalue weighted by atomic mass is 16.5. The van der Waals surface area contributed by atoms with Crippen molar-refractivity contribution in [3.63, 3.8) is 0 Å². The third kappa shape index (κ3) is 3.68. The van der Waals surface area contributed by atoms with Crippen LogP contribution in [0, 0.1) is 0 Å². The molecule has 5 rings (SSSR count). The molecule has 0 N–H and O–H groups in total. The van der Waals surface area contributed by atoms with E-state index >= 15 is 0 Å². The van der Waals surface area contributed by atoms with Crippen LogP contribution >= 0.6 is 0 Å². The number of esters is 1. The number of carbonyl (C=O) groups excluding carboxylic acids is 3. The summed E-state index contributed by atoms with van der Waals surface area (Å²) in [6.45, 7) is 4.73. The Kier molecular flexibility index (Phi) is 5.90. The first-order valence-electron chi connectivity index (χ1n) is 12.1. The van der Waals surface area contributed by atoms with Crippen LogP contribution in [0.5, 0.6) is 0 Å². The van der Waals surface area contributed by atoms with Crippen molar-refractivity contribution in [2.24, 2.45) is 0 Å². The maximum atomic E-state index is 13.8. The van der Waals surface area contributed by atoms with Gasteiger partial charge in [0.25, 0.3) is 5.91 Å². The van der Waals surface area contributed by atoms with E-state index in [1.807, 2.05) is 36.1 Å². The molecular weight excluding hydrogens is 430 g/mol. The van der Waals surface area contributed by atoms with Crippen molar-refractivity contribution in [1.29, 1.82) is 0 Å². The third-order valence-corrected chi connectivity index (χ3v) is 7.75. The number of likely N-dealkylation sites (tertiary alicyclic amines) is 1. The number of urea groups is 1. The van der Waals surface area contributed by atoms with Gasteiger partial charge in [-0.3, -0.25) is 14.6 Å². The summed E-state index contributed by atoms with van der Waals surface area (Å²) in [7, 11) is 1.38. The van der Waals surface area contributed by atoms with Crippen LogP contribution in [0.4, 0.5) is 4.79 Å². The fraction of sp³-hybridized carbons (Fsp3) is 0.444. The highest BCUT2D eigenvalue weighted by molar-refractivity contribution is 6.07. The fourth-order valence-corrected chi connectivity index (χ4v) is 5.90. The molecule has 34 heavy (non-hydrogen) atoms. The number of ether oxygens (including phenoxy) is 1. The predicted octanol–water partition coefficient (Wildman–Crippen LogP) is 3.26. The van der Waals surface area contributed by atoms with Gasteiger partial charge in [-0.25, -0.2) is 9.59 Å². The highest BCUT2D eigenvalue weighted by Gasteiger charge is 2.59. The smallest absolute Gasteiger partial charge is 0.337 e. The van der Waals surface area contributed by atoms with Gasteiger partial charge in [-0.05, 0) is 61.4 Å². The summed E-state index contributed by atoms with van der Waals surface area (Å²) >= 11 is 0. The Bertz CT molecular complexity index is 1080. The van der Waals surface area contributed by atoms with Gasteiger partial charge in [-0.2, -0.15) is 0 Å². The van der Waals surface area contributed by atoms with Crippen molar-refractivity contribution in [2.45, 2.75) is 50.7 Å². The van der Waals surface area contributed by atoms with Gasteiger partial charge >= 0.3 is 12.0 Å². The zero-order valence-corrected chi connectivity index (χ0v) is 19.8. The molecule has 178 valence electrons. The van der Waals surface area contributed by atoms with E-state index in [0.717, 1.165) is 38.0 Å². The molecule has 1 aliphatic carbocycles. The summed E-state index contributed by atoms with van der Waals surface area (Å²) < 4.78 is 4.77. The topological polar surface area (TPSA) is 70.2 Å². The van der Waals surface area contributed by atoms with Crippen LogP contribution in [0.1, 0.15) is 46.8 Å². The minimum atomic E-state index is -0.730. The Balaban J connectivity index is 1.27. The number of imide groups is 1. The molecule has 3 aliphatic rings. The first-order chi connectivity index (χ1) is 16.5. The van der Waals surface area contributed by atoms with Crippen molar-refractivity contribution in [3.8, 4) is 0 Å². The monoisotopic (exact) mass is 461 g/mol. The molecule has 0 atom stereocenters. The van der Waals surface area contributed by atoms with Gasteiger partial charge in [0, 0.05) is 32.2 Å². The van der Waals surface area contributed by atoms with Crippen molar-refractivity contribution in [3.05, 3.63) is 70.8 Å². The first-order valence-corrected chi connectivity index (χ1v) is 12.1. The molecule has 0 aromatic heterocycles. The van der Waals surface area contributed by atoms with Gasteiger partial charge in [-0.15, -0.1) is 0 Å². The number of nitrogens with zero attached hydrogens (tertiary/aromatic N) is 3. The van der Waals surface area contributed by atoms with Gasteiger partial charge in [0.15, 0.2) is 0 Å². The number of likely N-dealkylation sites (N-methyl/N-ethyl adjacent to an activating group) is 1. The Morgan fingerprint density at radius 3 is 2.18 bits per heavy atom. The van der Waals surface area contributed by atoms with Crippen molar-refractivity contribution in [1.82, 2.24) is 14.7 Å². The van der Waals surface area contributed by atoms with Crippen LogP contribution in [-0.2, 0) is 28.9 Å². The molecule has 2 aliphatic heterocycles. The number of rotatable bonds is 5. The number of hydrogen-bond donors (Lipinski definition) is 0. The Morgan fingerprint density at radius 2 is 1.62 bits per heavy atom. The number of hydrogen-bond acceptors (Lipinski definition) is 5. The minimum absolute atomic E-state index is 0.0146. The van der Waals surface area contributed by atoms with Gasteiger partial charge in [0.05, 0.1) is 12.7 Å². The second-order valence-electron chi connectivity index (χ2n) is 9.53. The third-order valence-electron chi connectivity index (χ3n) is 7.75. The lowest BCUT2D eigenvalue weighted by atomic mass is 9.85. The zero-order valence-electron chi connectivity index (χ0n) is 19.8. The van der Waals surface area contributed by atoms with E-state index in [-0.39, 0.29) is 23.9 Å². The minimum Gasteiger partial charge on any atom is -0.465 e. The van der Waals surface area contributed by atoms with Crippen LogP contribution in [0.2, 0.25) is 0 Å². The largest absolute Gasteiger partial charge is 0.465 e. The normalized spacial score (nSPS) is 20.3. The number of benzene rings is 2. The molecule has 1 spiro atoms. The number of fused-ring (bicyclic) bond motifs is 1. The summed E-state index contributed by atoms with van der Waals surface area (Å²) in [6.07, 6.45) is 2.77. The van der Waals surface area contributed by atoms with Crippen molar-refractivity contribution < 1.29 is 19.1 Å². The van der Waals surface area contributed by atoms with Crippen molar-refractivity contribution in [2.75, 3.05) is 26.7 Å². The van der Waals surface area contributed by atoms with Gasteiger partial charge < -0.3 is 9.64 Å². The van der Waals surface area contributed by atoms with E-state index in [1.165, 1.54) is 18.2 Å².